The molecule has 30 heavy (non-hydrogen) atoms. The van der Waals surface area contributed by atoms with Crippen LogP contribution in [0, 0.1) is 6.92 Å². The van der Waals surface area contributed by atoms with Gasteiger partial charge in [0.2, 0.25) is 0 Å². The number of carbonyl (C=O) groups is 2. The van der Waals surface area contributed by atoms with E-state index >= 15 is 0 Å². The third-order valence-corrected chi connectivity index (χ3v) is 4.90. The molecule has 0 saturated heterocycles. The highest BCUT2D eigenvalue weighted by Crippen LogP contribution is 2.25. The van der Waals surface area contributed by atoms with Crippen molar-refractivity contribution in [2.75, 3.05) is 19.8 Å². The first-order chi connectivity index (χ1) is 14.5. The van der Waals surface area contributed by atoms with Gasteiger partial charge in [-0.3, -0.25) is 14.2 Å². The predicted octanol–water partition coefficient (Wildman–Crippen LogP) is 4.46. The van der Waals surface area contributed by atoms with Gasteiger partial charge in [-0.1, -0.05) is 25.5 Å². The summed E-state index contributed by atoms with van der Waals surface area (Å²) in [6.07, 6.45) is 2.07. The Balaban J connectivity index is 1.73. The molecule has 0 amide bonds. The molecule has 0 aliphatic carbocycles. The summed E-state index contributed by atoms with van der Waals surface area (Å²) < 4.78 is 12.8. The minimum atomic E-state index is -0.898. The molecule has 0 aliphatic rings. The molecule has 1 heterocycles. The van der Waals surface area contributed by atoms with Gasteiger partial charge in [0.1, 0.15) is 12.4 Å². The van der Waals surface area contributed by atoms with Crippen molar-refractivity contribution >= 4 is 22.8 Å². The lowest BCUT2D eigenvalue weighted by atomic mass is 10.1. The zero-order chi connectivity index (χ0) is 21.5. The van der Waals surface area contributed by atoms with Crippen molar-refractivity contribution in [3.8, 4) is 5.75 Å². The van der Waals surface area contributed by atoms with Crippen LogP contribution >= 0.6 is 0 Å². The Labute approximate surface area is 176 Å². The SMILES string of the molecule is CCCCOCCOc1ccc(C(=O)n2c(C)cc3c(CC(=O)O)cccc32)cc1. The molecule has 0 unspecified atom stereocenters. The molecule has 3 aromatic rings. The van der Waals surface area contributed by atoms with E-state index < -0.39 is 5.97 Å². The number of ether oxygens (including phenoxy) is 2. The van der Waals surface area contributed by atoms with E-state index in [1.165, 1.54) is 0 Å². The Morgan fingerprint density at radius 3 is 2.50 bits per heavy atom. The van der Waals surface area contributed by atoms with Gasteiger partial charge in [-0.2, -0.15) is 0 Å². The van der Waals surface area contributed by atoms with Gasteiger partial charge in [-0.25, -0.2) is 0 Å². The van der Waals surface area contributed by atoms with Crippen molar-refractivity contribution in [2.45, 2.75) is 33.1 Å². The fourth-order valence-electron chi connectivity index (χ4n) is 3.40. The van der Waals surface area contributed by atoms with Crippen LogP contribution in [0.4, 0.5) is 0 Å². The Bertz CT molecular complexity index is 1020. The maximum Gasteiger partial charge on any atom is 0.307 e. The maximum absolute atomic E-state index is 13.1. The number of nitrogens with zero attached hydrogens (tertiary/aromatic N) is 1. The molecule has 6 nitrogen and oxygen atoms in total. The molecule has 6 heteroatoms. The van der Waals surface area contributed by atoms with Gasteiger partial charge in [0.15, 0.2) is 0 Å². The number of aromatic nitrogens is 1. The number of carboxylic acid groups (broad SMARTS) is 1. The van der Waals surface area contributed by atoms with E-state index in [1.54, 1.807) is 41.0 Å². The van der Waals surface area contributed by atoms with Crippen LogP contribution in [-0.2, 0) is 16.0 Å². The number of unbranched alkanes of at least 4 members (excludes halogenated alkanes) is 1. The zero-order valence-corrected chi connectivity index (χ0v) is 17.4. The van der Waals surface area contributed by atoms with Gasteiger partial charge < -0.3 is 14.6 Å². The first-order valence-electron chi connectivity index (χ1n) is 10.2. The summed E-state index contributed by atoms with van der Waals surface area (Å²) in [7, 11) is 0. The highest BCUT2D eigenvalue weighted by Gasteiger charge is 2.17. The van der Waals surface area contributed by atoms with Crippen molar-refractivity contribution < 1.29 is 24.2 Å². The Hall–Kier alpha value is -3.12. The normalized spacial score (nSPS) is 11.0. The molecular weight excluding hydrogens is 382 g/mol. The molecule has 0 atom stereocenters. The van der Waals surface area contributed by atoms with Gasteiger partial charge in [0.25, 0.3) is 5.91 Å². The molecule has 1 N–H and O–H groups in total. The summed E-state index contributed by atoms with van der Waals surface area (Å²) in [6, 6.07) is 14.3. The van der Waals surface area contributed by atoms with Gasteiger partial charge in [-0.05, 0) is 55.3 Å². The second-order valence-electron chi connectivity index (χ2n) is 7.19. The van der Waals surface area contributed by atoms with Gasteiger partial charge in [-0.15, -0.1) is 0 Å². The van der Waals surface area contributed by atoms with E-state index in [2.05, 4.69) is 6.92 Å². The van der Waals surface area contributed by atoms with Crippen LogP contribution in [0.3, 0.4) is 0 Å². The van der Waals surface area contributed by atoms with E-state index in [0.717, 1.165) is 30.5 Å². The molecule has 0 radical (unpaired) electrons. The van der Waals surface area contributed by atoms with Crippen molar-refractivity contribution in [1.82, 2.24) is 4.57 Å². The number of aliphatic carboxylic acids is 1. The molecule has 0 saturated carbocycles. The van der Waals surface area contributed by atoms with Crippen LogP contribution in [0.1, 0.15) is 41.4 Å². The fraction of sp³-hybridized carbons (Fsp3) is 0.333. The molecule has 158 valence electrons. The molecule has 3 rings (SSSR count). The third kappa shape index (κ3) is 5.07. The summed E-state index contributed by atoms with van der Waals surface area (Å²) in [6.45, 7) is 5.71. The second-order valence-corrected chi connectivity index (χ2v) is 7.19. The van der Waals surface area contributed by atoms with E-state index in [0.29, 0.717) is 35.6 Å². The van der Waals surface area contributed by atoms with E-state index in [4.69, 9.17) is 14.6 Å². The molecular formula is C24H27NO5. The summed E-state index contributed by atoms with van der Waals surface area (Å²) in [4.78, 5) is 24.3. The third-order valence-electron chi connectivity index (χ3n) is 4.90. The molecule has 2 aromatic carbocycles. The highest BCUT2D eigenvalue weighted by atomic mass is 16.5. The number of aryl methyl sites for hydroxylation is 1. The van der Waals surface area contributed by atoms with Crippen LogP contribution in [-0.4, -0.2) is 41.4 Å². The minimum absolute atomic E-state index is 0.0802. The number of carboxylic acids is 1. The lowest BCUT2D eigenvalue weighted by molar-refractivity contribution is -0.136. The summed E-state index contributed by atoms with van der Waals surface area (Å²) in [5.74, 6) is -0.376. The average Bonchev–Trinajstić information content (AvgIpc) is 3.07. The van der Waals surface area contributed by atoms with E-state index in [1.807, 2.05) is 19.1 Å². The molecule has 0 bridgehead atoms. The van der Waals surface area contributed by atoms with Gasteiger partial charge >= 0.3 is 5.97 Å². The Kier molecular flexibility index (Phi) is 7.25. The summed E-state index contributed by atoms with van der Waals surface area (Å²) in [5.41, 5.74) is 2.70. The van der Waals surface area contributed by atoms with Gasteiger partial charge in [0, 0.05) is 23.3 Å². The molecule has 0 spiro atoms. The standard InChI is InChI=1S/C24H27NO5/c1-3-4-12-29-13-14-30-20-10-8-18(9-11-20)24(28)25-17(2)15-21-19(16-23(26)27)6-5-7-22(21)25/h5-11,15H,3-4,12-14,16H2,1-2H3,(H,26,27). The highest BCUT2D eigenvalue weighted by molar-refractivity contribution is 6.04. The van der Waals surface area contributed by atoms with Crippen LogP contribution in [0.2, 0.25) is 0 Å². The predicted molar refractivity (Wildman–Crippen MR) is 115 cm³/mol. The zero-order valence-electron chi connectivity index (χ0n) is 17.4. The number of fused-ring (bicyclic) bond motifs is 1. The second kappa shape index (κ2) is 10.1. The number of carbonyl (C=O) groups excluding carboxylic acids is 1. The fourth-order valence-corrected chi connectivity index (χ4v) is 3.40. The van der Waals surface area contributed by atoms with Crippen molar-refractivity contribution in [2.24, 2.45) is 0 Å². The summed E-state index contributed by atoms with van der Waals surface area (Å²) in [5, 5.41) is 9.92. The molecule has 0 fully saturated rings. The van der Waals surface area contributed by atoms with Crippen LogP contribution in [0.15, 0.2) is 48.5 Å². The Morgan fingerprint density at radius 1 is 1.03 bits per heavy atom. The Morgan fingerprint density at radius 2 is 1.80 bits per heavy atom. The number of rotatable bonds is 10. The van der Waals surface area contributed by atoms with E-state index in [9.17, 15) is 9.59 Å². The summed E-state index contributed by atoms with van der Waals surface area (Å²) >= 11 is 0. The monoisotopic (exact) mass is 409 g/mol. The topological polar surface area (TPSA) is 77.8 Å². The van der Waals surface area contributed by atoms with Crippen molar-refractivity contribution in [3.63, 3.8) is 0 Å². The van der Waals surface area contributed by atoms with Crippen molar-refractivity contribution in [3.05, 3.63) is 65.4 Å². The number of hydrogen-bond donors (Lipinski definition) is 1. The smallest absolute Gasteiger partial charge is 0.307 e. The van der Waals surface area contributed by atoms with Crippen LogP contribution in [0.5, 0.6) is 5.75 Å². The largest absolute Gasteiger partial charge is 0.491 e. The lowest BCUT2D eigenvalue weighted by Gasteiger charge is -2.10. The molecule has 1 aromatic heterocycles. The molecule has 0 aliphatic heterocycles. The number of benzene rings is 2. The van der Waals surface area contributed by atoms with Crippen LogP contribution in [0.25, 0.3) is 10.9 Å². The number of hydrogen-bond acceptors (Lipinski definition) is 4. The average molecular weight is 409 g/mol. The van der Waals surface area contributed by atoms with Crippen molar-refractivity contribution in [1.29, 1.82) is 0 Å². The maximum atomic E-state index is 13.1. The van der Waals surface area contributed by atoms with Gasteiger partial charge in [0.05, 0.1) is 18.5 Å². The first-order valence-corrected chi connectivity index (χ1v) is 10.2. The minimum Gasteiger partial charge on any atom is -0.491 e. The van der Waals surface area contributed by atoms with Crippen LogP contribution < -0.4 is 4.74 Å². The quantitative estimate of drug-likeness (QED) is 0.500. The first kappa shape index (κ1) is 21.6. The lowest BCUT2D eigenvalue weighted by Crippen LogP contribution is -2.13. The van der Waals surface area contributed by atoms with E-state index in [-0.39, 0.29) is 12.3 Å².